The van der Waals surface area contributed by atoms with Gasteiger partial charge < -0.3 is 5.73 Å². The molecule has 2 rings (SSSR count). The second kappa shape index (κ2) is 5.42. The van der Waals surface area contributed by atoms with E-state index in [1.54, 1.807) is 0 Å². The summed E-state index contributed by atoms with van der Waals surface area (Å²) >= 11 is 2.90. The summed E-state index contributed by atoms with van der Waals surface area (Å²) in [6, 6.07) is 0. The maximum Gasteiger partial charge on any atom is 0.176 e. The molecule has 7 heteroatoms. The van der Waals surface area contributed by atoms with Gasteiger partial charge in [-0.3, -0.25) is 0 Å². The van der Waals surface area contributed by atoms with Gasteiger partial charge in [-0.25, -0.2) is 15.0 Å². The highest BCUT2D eigenvalue weighted by Crippen LogP contribution is 2.31. The van der Waals surface area contributed by atoms with Crippen LogP contribution in [0, 0.1) is 0 Å². The van der Waals surface area contributed by atoms with Gasteiger partial charge >= 0.3 is 0 Å². The van der Waals surface area contributed by atoms with Crippen molar-refractivity contribution in [1.82, 2.24) is 19.3 Å². The Balaban J connectivity index is 2.26. The lowest BCUT2D eigenvalue weighted by atomic mass is 10.2. The molecule has 0 bridgehead atoms. The van der Waals surface area contributed by atoms with Crippen molar-refractivity contribution >= 4 is 29.1 Å². The van der Waals surface area contributed by atoms with Crippen molar-refractivity contribution in [3.05, 3.63) is 17.7 Å². The van der Waals surface area contributed by atoms with Crippen molar-refractivity contribution < 1.29 is 0 Å². The van der Waals surface area contributed by atoms with Crippen LogP contribution in [0.5, 0.6) is 0 Å². The minimum Gasteiger partial charge on any atom is -0.383 e. The van der Waals surface area contributed by atoms with E-state index in [0.29, 0.717) is 5.82 Å². The quantitative estimate of drug-likeness (QED) is 0.856. The molecule has 0 aromatic carbocycles. The zero-order chi connectivity index (χ0) is 12.3. The van der Waals surface area contributed by atoms with Gasteiger partial charge in [-0.15, -0.1) is 0 Å². The minimum absolute atomic E-state index is 0.547. The van der Waals surface area contributed by atoms with Gasteiger partial charge in [-0.2, -0.15) is 4.37 Å². The molecular formula is C10H13N5S2. The molecule has 0 unspecified atom stereocenters. The molecule has 0 amide bonds. The number of nitrogens with zero attached hydrogens (tertiary/aromatic N) is 4. The van der Waals surface area contributed by atoms with Crippen LogP contribution in [0.25, 0.3) is 0 Å². The molecule has 2 N–H and O–H groups in total. The summed E-state index contributed by atoms with van der Waals surface area (Å²) in [5.74, 6) is 1.42. The second-order valence-electron chi connectivity index (χ2n) is 3.33. The summed E-state index contributed by atoms with van der Waals surface area (Å²) in [5.41, 5.74) is 6.80. The van der Waals surface area contributed by atoms with Gasteiger partial charge in [0.1, 0.15) is 23.0 Å². The second-order valence-corrected chi connectivity index (χ2v) is 5.32. The molecule has 17 heavy (non-hydrogen) atoms. The summed E-state index contributed by atoms with van der Waals surface area (Å²) < 4.78 is 5.14. The Labute approximate surface area is 108 Å². The van der Waals surface area contributed by atoms with Gasteiger partial charge in [0, 0.05) is 12.0 Å². The topological polar surface area (TPSA) is 77.6 Å². The highest BCUT2D eigenvalue weighted by Gasteiger charge is 2.11. The van der Waals surface area contributed by atoms with E-state index in [1.165, 1.54) is 29.6 Å². The lowest BCUT2D eigenvalue weighted by Crippen LogP contribution is -2.00. The van der Waals surface area contributed by atoms with E-state index in [1.807, 2.05) is 13.8 Å². The molecule has 5 nitrogen and oxygen atoms in total. The summed E-state index contributed by atoms with van der Waals surface area (Å²) in [4.78, 5) is 12.6. The van der Waals surface area contributed by atoms with Gasteiger partial charge in [-0.05, 0) is 29.7 Å². The average Bonchev–Trinajstić information content (AvgIpc) is 2.77. The predicted octanol–water partition coefficient (Wildman–Crippen LogP) is 2.19. The summed E-state index contributed by atoms with van der Waals surface area (Å²) in [7, 11) is 0. The normalized spacial score (nSPS) is 10.7. The van der Waals surface area contributed by atoms with Crippen LogP contribution >= 0.6 is 23.3 Å². The summed E-state index contributed by atoms with van der Waals surface area (Å²) in [6.07, 6.45) is 3.15. The van der Waals surface area contributed by atoms with E-state index >= 15 is 0 Å². The molecule has 0 aliphatic rings. The smallest absolute Gasteiger partial charge is 0.176 e. The fourth-order valence-electron chi connectivity index (χ4n) is 1.33. The maximum atomic E-state index is 5.82. The molecule has 0 spiro atoms. The van der Waals surface area contributed by atoms with Gasteiger partial charge in [0.15, 0.2) is 4.34 Å². The van der Waals surface area contributed by atoms with Gasteiger partial charge in [-0.1, -0.05) is 13.8 Å². The number of aromatic nitrogens is 4. The highest BCUT2D eigenvalue weighted by molar-refractivity contribution is 8.00. The fourth-order valence-corrected chi connectivity index (χ4v) is 3.12. The van der Waals surface area contributed by atoms with Crippen LogP contribution in [0.1, 0.15) is 25.2 Å². The Morgan fingerprint density at radius 2 is 2.12 bits per heavy atom. The third-order valence-corrected chi connectivity index (χ3v) is 4.08. The number of rotatable bonds is 4. The van der Waals surface area contributed by atoms with Gasteiger partial charge in [0.05, 0.1) is 0 Å². The maximum absolute atomic E-state index is 5.82. The molecule has 0 aliphatic carbocycles. The molecule has 0 radical (unpaired) electrons. The molecule has 2 heterocycles. The molecule has 2 aromatic rings. The Hall–Kier alpha value is -1.21. The zero-order valence-corrected chi connectivity index (χ0v) is 11.3. The Bertz CT molecular complexity index is 511. The van der Waals surface area contributed by atoms with E-state index < -0.39 is 0 Å². The van der Waals surface area contributed by atoms with E-state index in [2.05, 4.69) is 19.3 Å². The first-order valence-electron chi connectivity index (χ1n) is 5.34. The fraction of sp³-hybridized carbons (Fsp3) is 0.400. The number of aryl methyl sites for hydroxylation is 1. The Morgan fingerprint density at radius 3 is 2.76 bits per heavy atom. The highest BCUT2D eigenvalue weighted by atomic mass is 32.2. The monoisotopic (exact) mass is 267 g/mol. The van der Waals surface area contributed by atoms with E-state index in [-0.39, 0.29) is 0 Å². The number of hydrogen-bond acceptors (Lipinski definition) is 7. The van der Waals surface area contributed by atoms with Crippen molar-refractivity contribution in [2.45, 2.75) is 36.1 Å². The molecule has 2 aromatic heterocycles. The molecule has 0 fully saturated rings. The minimum atomic E-state index is 0.547. The third-order valence-electron chi connectivity index (χ3n) is 2.24. The van der Waals surface area contributed by atoms with E-state index in [0.717, 1.165) is 33.6 Å². The van der Waals surface area contributed by atoms with Crippen molar-refractivity contribution in [1.29, 1.82) is 0 Å². The Kier molecular flexibility index (Phi) is 3.90. The first kappa shape index (κ1) is 12.3. The predicted molar refractivity (Wildman–Crippen MR) is 69.2 cm³/mol. The van der Waals surface area contributed by atoms with Crippen LogP contribution in [0.15, 0.2) is 15.7 Å². The molecule has 0 saturated carbocycles. The third kappa shape index (κ3) is 2.73. The molecule has 0 aliphatic heterocycles. The SMILES string of the molecule is CCc1nsc(Sc2ncnc(N)c2CC)n1. The van der Waals surface area contributed by atoms with Crippen molar-refractivity contribution in [3.63, 3.8) is 0 Å². The lowest BCUT2D eigenvalue weighted by Gasteiger charge is -2.05. The van der Waals surface area contributed by atoms with Crippen molar-refractivity contribution in [3.8, 4) is 0 Å². The van der Waals surface area contributed by atoms with Crippen LogP contribution in [-0.4, -0.2) is 19.3 Å². The van der Waals surface area contributed by atoms with Crippen LogP contribution in [0.4, 0.5) is 5.82 Å². The van der Waals surface area contributed by atoms with Crippen LogP contribution in [0.2, 0.25) is 0 Å². The van der Waals surface area contributed by atoms with Crippen molar-refractivity contribution in [2.75, 3.05) is 5.73 Å². The molecule has 0 saturated heterocycles. The van der Waals surface area contributed by atoms with E-state index in [4.69, 9.17) is 5.73 Å². The number of nitrogens with two attached hydrogens (primary N) is 1. The average molecular weight is 267 g/mol. The number of nitrogen functional groups attached to an aromatic ring is 1. The number of anilines is 1. The van der Waals surface area contributed by atoms with Gasteiger partial charge in [0.25, 0.3) is 0 Å². The standard InChI is InChI=1S/C10H13N5S2/c1-3-6-8(11)12-5-13-9(6)16-10-14-7(4-2)15-17-10/h5H,3-4H2,1-2H3,(H2,11,12,13). The van der Waals surface area contributed by atoms with E-state index in [9.17, 15) is 0 Å². The zero-order valence-electron chi connectivity index (χ0n) is 9.67. The molecule has 0 atom stereocenters. The first-order chi connectivity index (χ1) is 8.24. The Morgan fingerprint density at radius 1 is 1.29 bits per heavy atom. The van der Waals surface area contributed by atoms with Gasteiger partial charge in [0.2, 0.25) is 0 Å². The van der Waals surface area contributed by atoms with Crippen LogP contribution in [0.3, 0.4) is 0 Å². The summed E-state index contributed by atoms with van der Waals surface area (Å²) in [6.45, 7) is 4.08. The largest absolute Gasteiger partial charge is 0.383 e. The summed E-state index contributed by atoms with van der Waals surface area (Å²) in [5, 5.41) is 0.874. The van der Waals surface area contributed by atoms with Crippen LogP contribution < -0.4 is 5.73 Å². The first-order valence-corrected chi connectivity index (χ1v) is 6.93. The number of hydrogen-bond donors (Lipinski definition) is 1. The molecular weight excluding hydrogens is 254 g/mol. The lowest BCUT2D eigenvalue weighted by molar-refractivity contribution is 0.945. The van der Waals surface area contributed by atoms with Crippen LogP contribution in [-0.2, 0) is 12.8 Å². The van der Waals surface area contributed by atoms with Crippen molar-refractivity contribution in [2.24, 2.45) is 0 Å². The molecule has 90 valence electrons.